The van der Waals surface area contributed by atoms with Crippen LogP contribution in [-0.2, 0) is 0 Å². The summed E-state index contributed by atoms with van der Waals surface area (Å²) in [6.45, 7) is 0.339. The SMILES string of the molecule is COc1cc(C(O)C(O)CCN)ccc1Br. The maximum atomic E-state index is 9.85. The van der Waals surface area contributed by atoms with Gasteiger partial charge in [-0.1, -0.05) is 6.07 Å². The zero-order valence-electron chi connectivity index (χ0n) is 9.06. The third-order valence-electron chi connectivity index (χ3n) is 2.34. The van der Waals surface area contributed by atoms with Crippen molar-refractivity contribution in [2.24, 2.45) is 5.73 Å². The lowest BCUT2D eigenvalue weighted by atomic mass is 10.0. The molecule has 0 saturated heterocycles. The summed E-state index contributed by atoms with van der Waals surface area (Å²) in [4.78, 5) is 0. The van der Waals surface area contributed by atoms with Gasteiger partial charge in [0, 0.05) is 0 Å². The van der Waals surface area contributed by atoms with Crippen LogP contribution in [-0.4, -0.2) is 30.0 Å². The van der Waals surface area contributed by atoms with Gasteiger partial charge in [-0.2, -0.15) is 0 Å². The molecule has 0 heterocycles. The van der Waals surface area contributed by atoms with E-state index in [0.717, 1.165) is 4.47 Å². The molecule has 0 amide bonds. The number of benzene rings is 1. The van der Waals surface area contributed by atoms with Crippen LogP contribution in [0.5, 0.6) is 5.75 Å². The van der Waals surface area contributed by atoms with E-state index in [-0.39, 0.29) is 0 Å². The quantitative estimate of drug-likeness (QED) is 0.761. The predicted octanol–water partition coefficient (Wildman–Crippen LogP) is 1.20. The number of hydrogen-bond donors (Lipinski definition) is 3. The Morgan fingerprint density at radius 1 is 1.44 bits per heavy atom. The molecule has 4 nitrogen and oxygen atoms in total. The topological polar surface area (TPSA) is 75.7 Å². The van der Waals surface area contributed by atoms with Gasteiger partial charge in [0.1, 0.15) is 11.9 Å². The van der Waals surface area contributed by atoms with Gasteiger partial charge in [-0.15, -0.1) is 0 Å². The van der Waals surface area contributed by atoms with Crippen molar-refractivity contribution >= 4 is 15.9 Å². The molecule has 1 aromatic rings. The smallest absolute Gasteiger partial charge is 0.133 e. The molecule has 0 spiro atoms. The second-order valence-electron chi connectivity index (χ2n) is 3.48. The molecule has 0 aliphatic rings. The number of rotatable bonds is 5. The highest BCUT2D eigenvalue weighted by Crippen LogP contribution is 2.29. The van der Waals surface area contributed by atoms with Gasteiger partial charge in [0.2, 0.25) is 0 Å². The first-order chi connectivity index (χ1) is 7.60. The van der Waals surface area contributed by atoms with Crippen molar-refractivity contribution in [3.8, 4) is 5.75 Å². The van der Waals surface area contributed by atoms with Crippen molar-refractivity contribution in [3.63, 3.8) is 0 Å². The fraction of sp³-hybridized carbons (Fsp3) is 0.455. The Morgan fingerprint density at radius 3 is 2.69 bits per heavy atom. The molecule has 0 fully saturated rings. The Bertz CT molecular complexity index is 346. The normalized spacial score (nSPS) is 14.6. The molecular formula is C11H16BrNO3. The molecule has 5 heteroatoms. The number of nitrogens with two attached hydrogens (primary N) is 1. The van der Waals surface area contributed by atoms with E-state index in [9.17, 15) is 10.2 Å². The van der Waals surface area contributed by atoms with E-state index in [0.29, 0.717) is 24.3 Å². The van der Waals surface area contributed by atoms with Crippen LogP contribution in [0.15, 0.2) is 22.7 Å². The Balaban J connectivity index is 2.87. The molecule has 0 radical (unpaired) electrons. The Hall–Kier alpha value is -0.620. The third-order valence-corrected chi connectivity index (χ3v) is 3.00. The summed E-state index contributed by atoms with van der Waals surface area (Å²) < 4.78 is 5.92. The molecule has 4 N–H and O–H groups in total. The molecule has 0 aromatic heterocycles. The van der Waals surface area contributed by atoms with E-state index in [1.807, 2.05) is 0 Å². The van der Waals surface area contributed by atoms with Crippen LogP contribution in [0.1, 0.15) is 18.1 Å². The van der Waals surface area contributed by atoms with Crippen LogP contribution >= 0.6 is 15.9 Å². The summed E-state index contributed by atoms with van der Waals surface area (Å²) in [6, 6.07) is 5.19. The Morgan fingerprint density at radius 2 is 2.12 bits per heavy atom. The van der Waals surface area contributed by atoms with Crippen molar-refractivity contribution < 1.29 is 14.9 Å². The molecular weight excluding hydrogens is 274 g/mol. The first-order valence-corrected chi connectivity index (χ1v) is 5.79. The standard InChI is InChI=1S/C11H16BrNO3/c1-16-10-6-7(2-3-8(10)12)11(15)9(14)4-5-13/h2-3,6,9,11,14-15H,4-5,13H2,1H3. The average molecular weight is 290 g/mol. The van der Waals surface area contributed by atoms with Crippen LogP contribution in [0.25, 0.3) is 0 Å². The Labute approximate surface area is 103 Å². The van der Waals surface area contributed by atoms with Gasteiger partial charge in [0.25, 0.3) is 0 Å². The van der Waals surface area contributed by atoms with E-state index in [4.69, 9.17) is 10.5 Å². The maximum absolute atomic E-state index is 9.85. The van der Waals surface area contributed by atoms with Gasteiger partial charge in [0.05, 0.1) is 17.7 Å². The summed E-state index contributed by atoms with van der Waals surface area (Å²) in [6.07, 6.45) is -1.43. The van der Waals surface area contributed by atoms with Gasteiger partial charge in [-0.05, 0) is 46.6 Å². The van der Waals surface area contributed by atoms with Gasteiger partial charge in [-0.3, -0.25) is 0 Å². The lowest BCUT2D eigenvalue weighted by molar-refractivity contribution is 0.0149. The van der Waals surface area contributed by atoms with Gasteiger partial charge in [-0.25, -0.2) is 0 Å². The molecule has 0 saturated carbocycles. The predicted molar refractivity (Wildman–Crippen MR) is 65.3 cm³/mol. The Kier molecular flexibility index (Phi) is 5.21. The molecule has 0 aliphatic carbocycles. The van der Waals surface area contributed by atoms with E-state index in [2.05, 4.69) is 15.9 Å². The largest absolute Gasteiger partial charge is 0.496 e. The highest BCUT2D eigenvalue weighted by atomic mass is 79.9. The number of aliphatic hydroxyl groups excluding tert-OH is 2. The van der Waals surface area contributed by atoms with Gasteiger partial charge >= 0.3 is 0 Å². The molecule has 1 aromatic carbocycles. The molecule has 0 aliphatic heterocycles. The van der Waals surface area contributed by atoms with Crippen LogP contribution in [0.3, 0.4) is 0 Å². The van der Waals surface area contributed by atoms with Crippen LogP contribution < -0.4 is 10.5 Å². The summed E-state index contributed by atoms with van der Waals surface area (Å²) >= 11 is 3.32. The van der Waals surface area contributed by atoms with Gasteiger partial charge < -0.3 is 20.7 Å². The minimum atomic E-state index is -0.939. The number of aliphatic hydroxyl groups is 2. The number of methoxy groups -OCH3 is 1. The van der Waals surface area contributed by atoms with E-state index >= 15 is 0 Å². The van der Waals surface area contributed by atoms with Crippen molar-refractivity contribution in [2.75, 3.05) is 13.7 Å². The molecule has 2 atom stereocenters. The van der Waals surface area contributed by atoms with Gasteiger partial charge in [0.15, 0.2) is 0 Å². The first-order valence-electron chi connectivity index (χ1n) is 4.99. The molecule has 1 rings (SSSR count). The lowest BCUT2D eigenvalue weighted by Crippen LogP contribution is -2.21. The molecule has 0 bridgehead atoms. The van der Waals surface area contributed by atoms with Crippen molar-refractivity contribution in [1.82, 2.24) is 0 Å². The molecule has 90 valence electrons. The summed E-state index contributed by atoms with van der Waals surface area (Å²) in [7, 11) is 1.55. The number of hydrogen-bond acceptors (Lipinski definition) is 4. The first kappa shape index (κ1) is 13.4. The summed E-state index contributed by atoms with van der Waals surface area (Å²) in [5.41, 5.74) is 5.93. The number of halogens is 1. The highest BCUT2D eigenvalue weighted by molar-refractivity contribution is 9.10. The van der Waals surface area contributed by atoms with E-state index in [1.54, 1.807) is 25.3 Å². The fourth-order valence-electron chi connectivity index (χ4n) is 1.41. The van der Waals surface area contributed by atoms with E-state index in [1.165, 1.54) is 0 Å². The van der Waals surface area contributed by atoms with Crippen molar-refractivity contribution in [1.29, 1.82) is 0 Å². The molecule has 2 unspecified atom stereocenters. The zero-order chi connectivity index (χ0) is 12.1. The van der Waals surface area contributed by atoms with Crippen LogP contribution in [0.2, 0.25) is 0 Å². The number of ether oxygens (including phenoxy) is 1. The maximum Gasteiger partial charge on any atom is 0.133 e. The van der Waals surface area contributed by atoms with Crippen molar-refractivity contribution in [2.45, 2.75) is 18.6 Å². The van der Waals surface area contributed by atoms with Crippen LogP contribution in [0.4, 0.5) is 0 Å². The summed E-state index contributed by atoms with van der Waals surface area (Å²) in [5, 5.41) is 19.5. The summed E-state index contributed by atoms with van der Waals surface area (Å²) in [5.74, 6) is 0.622. The highest BCUT2D eigenvalue weighted by Gasteiger charge is 2.18. The second kappa shape index (κ2) is 6.20. The zero-order valence-corrected chi connectivity index (χ0v) is 10.6. The minimum Gasteiger partial charge on any atom is -0.496 e. The molecule has 16 heavy (non-hydrogen) atoms. The van der Waals surface area contributed by atoms with E-state index < -0.39 is 12.2 Å². The fourth-order valence-corrected chi connectivity index (χ4v) is 1.82. The lowest BCUT2D eigenvalue weighted by Gasteiger charge is -2.18. The average Bonchev–Trinajstić information content (AvgIpc) is 2.29. The monoisotopic (exact) mass is 289 g/mol. The van der Waals surface area contributed by atoms with Crippen LogP contribution in [0, 0.1) is 0 Å². The second-order valence-corrected chi connectivity index (χ2v) is 4.34. The van der Waals surface area contributed by atoms with Crippen molar-refractivity contribution in [3.05, 3.63) is 28.2 Å². The third kappa shape index (κ3) is 3.18. The minimum absolute atomic E-state index is 0.339.